The van der Waals surface area contributed by atoms with E-state index in [2.05, 4.69) is 10.00 Å². The maximum absolute atomic E-state index is 13.7. The van der Waals surface area contributed by atoms with E-state index in [9.17, 15) is 4.79 Å². The number of amides is 1. The Hall–Kier alpha value is -2.49. The number of carbonyl (C=O) groups excluding carboxylic acids is 1. The van der Waals surface area contributed by atoms with E-state index in [0.29, 0.717) is 17.4 Å². The molecular weight excluding hydrogens is 414 g/mol. The molecule has 31 heavy (non-hydrogen) atoms. The molecule has 3 heterocycles. The lowest BCUT2D eigenvalue weighted by Crippen LogP contribution is -2.43. The molecule has 1 fully saturated rings. The minimum Gasteiger partial charge on any atom is -0.497 e. The Labute approximate surface area is 186 Å². The zero-order chi connectivity index (χ0) is 22.0. The smallest absolute Gasteiger partial charge is 0.278 e. The summed E-state index contributed by atoms with van der Waals surface area (Å²) in [5.74, 6) is 0.705. The summed E-state index contributed by atoms with van der Waals surface area (Å²) in [4.78, 5) is 22.6. The topological polar surface area (TPSA) is 72.7 Å². The summed E-state index contributed by atoms with van der Waals surface area (Å²) < 4.78 is 13.6. The van der Waals surface area contributed by atoms with Crippen molar-refractivity contribution in [2.45, 2.75) is 26.8 Å². The van der Waals surface area contributed by atoms with Crippen LogP contribution in [0.2, 0.25) is 0 Å². The number of aryl methyl sites for hydroxylation is 1. The monoisotopic (exact) mass is 443 g/mol. The lowest BCUT2D eigenvalue weighted by Gasteiger charge is -2.29. The Morgan fingerprint density at radius 3 is 2.77 bits per heavy atom. The van der Waals surface area contributed by atoms with Crippen LogP contribution in [0, 0.1) is 6.92 Å². The van der Waals surface area contributed by atoms with E-state index in [1.165, 1.54) is 11.3 Å². The molecule has 0 saturated carbocycles. The normalized spacial score (nSPS) is 15.0. The molecule has 0 aliphatic carbocycles. The average Bonchev–Trinajstić information content (AvgIpc) is 3.37. The molecule has 166 valence electrons. The fraction of sp³-hybridized carbons (Fsp3) is 0.500. The average molecular weight is 444 g/mol. The quantitative estimate of drug-likeness (QED) is 0.558. The van der Waals surface area contributed by atoms with E-state index in [4.69, 9.17) is 14.5 Å². The molecule has 0 radical (unpaired) electrons. The molecule has 2 aromatic heterocycles. The van der Waals surface area contributed by atoms with Gasteiger partial charge in [0.15, 0.2) is 5.13 Å². The van der Waals surface area contributed by atoms with Crippen molar-refractivity contribution in [1.82, 2.24) is 19.7 Å². The fourth-order valence-corrected chi connectivity index (χ4v) is 4.71. The summed E-state index contributed by atoms with van der Waals surface area (Å²) >= 11 is 1.51. The zero-order valence-electron chi connectivity index (χ0n) is 18.5. The van der Waals surface area contributed by atoms with Crippen LogP contribution in [-0.4, -0.2) is 72.1 Å². The molecule has 1 saturated heterocycles. The largest absolute Gasteiger partial charge is 0.497 e. The van der Waals surface area contributed by atoms with Crippen LogP contribution >= 0.6 is 11.3 Å². The summed E-state index contributed by atoms with van der Waals surface area (Å²) in [6.45, 7) is 10.5. The van der Waals surface area contributed by atoms with E-state index in [0.717, 1.165) is 54.5 Å². The Kier molecular flexibility index (Phi) is 6.54. The van der Waals surface area contributed by atoms with Crippen molar-refractivity contribution in [3.63, 3.8) is 0 Å². The number of methoxy groups -OCH3 is 1. The number of aromatic nitrogens is 3. The van der Waals surface area contributed by atoms with Gasteiger partial charge in [-0.25, -0.2) is 4.98 Å². The number of rotatable bonds is 7. The number of carbonyl (C=O) groups is 1. The third kappa shape index (κ3) is 4.73. The number of hydrogen-bond donors (Lipinski definition) is 0. The molecule has 3 aromatic rings. The van der Waals surface area contributed by atoms with E-state index < -0.39 is 0 Å². The molecule has 0 unspecified atom stereocenters. The summed E-state index contributed by atoms with van der Waals surface area (Å²) in [5, 5.41) is 5.22. The second kappa shape index (κ2) is 9.33. The number of fused-ring (bicyclic) bond motifs is 1. The van der Waals surface area contributed by atoms with Gasteiger partial charge in [0.05, 0.1) is 36.2 Å². The van der Waals surface area contributed by atoms with Crippen LogP contribution in [0.1, 0.15) is 36.1 Å². The van der Waals surface area contributed by atoms with E-state index in [-0.39, 0.29) is 11.9 Å². The Bertz CT molecular complexity index is 1050. The first kappa shape index (κ1) is 21.7. The number of thiazole rings is 1. The van der Waals surface area contributed by atoms with Crippen LogP contribution in [0.3, 0.4) is 0 Å². The number of benzene rings is 1. The second-order valence-electron chi connectivity index (χ2n) is 7.95. The van der Waals surface area contributed by atoms with Crippen molar-refractivity contribution in [1.29, 1.82) is 0 Å². The Morgan fingerprint density at radius 2 is 2.06 bits per heavy atom. The Balaban J connectivity index is 1.68. The second-order valence-corrected chi connectivity index (χ2v) is 8.96. The Morgan fingerprint density at radius 1 is 1.29 bits per heavy atom. The van der Waals surface area contributed by atoms with Crippen molar-refractivity contribution >= 4 is 32.6 Å². The van der Waals surface area contributed by atoms with E-state index in [1.54, 1.807) is 16.7 Å². The highest BCUT2D eigenvalue weighted by Crippen LogP contribution is 2.32. The highest BCUT2D eigenvalue weighted by atomic mass is 32.1. The molecule has 8 nitrogen and oxygen atoms in total. The van der Waals surface area contributed by atoms with Crippen LogP contribution in [0.5, 0.6) is 5.75 Å². The lowest BCUT2D eigenvalue weighted by atomic mass is 10.3. The molecule has 1 aromatic carbocycles. The molecule has 0 N–H and O–H groups in total. The predicted molar refractivity (Wildman–Crippen MR) is 122 cm³/mol. The third-order valence-electron chi connectivity index (χ3n) is 5.37. The zero-order valence-corrected chi connectivity index (χ0v) is 19.3. The summed E-state index contributed by atoms with van der Waals surface area (Å²) in [5.41, 5.74) is 2.28. The molecule has 0 bridgehead atoms. The molecular formula is C22H29N5O3S. The molecule has 0 spiro atoms. The fourth-order valence-electron chi connectivity index (χ4n) is 3.69. The molecule has 1 aliphatic heterocycles. The van der Waals surface area contributed by atoms with Crippen molar-refractivity contribution in [2.24, 2.45) is 0 Å². The van der Waals surface area contributed by atoms with Crippen LogP contribution < -0.4 is 9.64 Å². The first-order chi connectivity index (χ1) is 15.0. The van der Waals surface area contributed by atoms with Gasteiger partial charge < -0.3 is 9.47 Å². The highest BCUT2D eigenvalue weighted by Gasteiger charge is 2.26. The van der Waals surface area contributed by atoms with Crippen LogP contribution in [-0.2, 0) is 4.74 Å². The summed E-state index contributed by atoms with van der Waals surface area (Å²) in [6.07, 6.45) is 0. The molecule has 9 heteroatoms. The van der Waals surface area contributed by atoms with Gasteiger partial charge >= 0.3 is 0 Å². The predicted octanol–water partition coefficient (Wildman–Crippen LogP) is 3.37. The summed E-state index contributed by atoms with van der Waals surface area (Å²) in [6, 6.07) is 7.74. The molecule has 1 amide bonds. The first-order valence-electron chi connectivity index (χ1n) is 10.6. The van der Waals surface area contributed by atoms with Crippen LogP contribution in [0.15, 0.2) is 24.3 Å². The summed E-state index contributed by atoms with van der Waals surface area (Å²) in [7, 11) is 1.65. The van der Waals surface area contributed by atoms with Crippen molar-refractivity contribution in [3.8, 4) is 5.75 Å². The number of morpholine rings is 1. The van der Waals surface area contributed by atoms with Crippen LogP contribution in [0.25, 0.3) is 10.2 Å². The van der Waals surface area contributed by atoms with Gasteiger partial charge in [-0.05, 0) is 45.0 Å². The number of anilines is 1. The minimum atomic E-state index is -0.0754. The van der Waals surface area contributed by atoms with Gasteiger partial charge in [-0.15, -0.1) is 0 Å². The standard InChI is InChI=1S/C22H29N5O3S/c1-15(2)27-19(13-16(3)24-27)21(28)26(8-7-25-9-11-30-12-10-25)22-23-18-6-5-17(29-4)14-20(18)31-22/h5-6,13-15H,7-12H2,1-4H3. The van der Waals surface area contributed by atoms with Crippen LogP contribution in [0.4, 0.5) is 5.13 Å². The molecule has 0 atom stereocenters. The lowest BCUT2D eigenvalue weighted by molar-refractivity contribution is 0.0391. The number of ether oxygens (including phenoxy) is 2. The van der Waals surface area contributed by atoms with Gasteiger partial charge in [0.25, 0.3) is 5.91 Å². The maximum Gasteiger partial charge on any atom is 0.278 e. The number of nitrogens with zero attached hydrogens (tertiary/aromatic N) is 5. The van der Waals surface area contributed by atoms with Gasteiger partial charge in [0.1, 0.15) is 11.4 Å². The van der Waals surface area contributed by atoms with E-state index in [1.807, 2.05) is 45.0 Å². The van der Waals surface area contributed by atoms with Crippen molar-refractivity contribution in [3.05, 3.63) is 35.7 Å². The van der Waals surface area contributed by atoms with Gasteiger partial charge in [-0.3, -0.25) is 19.3 Å². The minimum absolute atomic E-state index is 0.0754. The van der Waals surface area contributed by atoms with Gasteiger partial charge in [-0.1, -0.05) is 11.3 Å². The van der Waals surface area contributed by atoms with Gasteiger partial charge in [0.2, 0.25) is 0 Å². The molecule has 1 aliphatic rings. The third-order valence-corrected chi connectivity index (χ3v) is 6.41. The van der Waals surface area contributed by atoms with Crippen molar-refractivity contribution in [2.75, 3.05) is 51.4 Å². The van der Waals surface area contributed by atoms with E-state index >= 15 is 0 Å². The molecule has 4 rings (SSSR count). The van der Waals surface area contributed by atoms with Gasteiger partial charge in [0, 0.05) is 32.2 Å². The SMILES string of the molecule is COc1ccc2nc(N(CCN3CCOCC3)C(=O)c3cc(C)nn3C(C)C)sc2c1. The first-order valence-corrected chi connectivity index (χ1v) is 11.4. The highest BCUT2D eigenvalue weighted by molar-refractivity contribution is 7.22. The van der Waals surface area contributed by atoms with Crippen molar-refractivity contribution < 1.29 is 14.3 Å². The van der Waals surface area contributed by atoms with Gasteiger partial charge in [-0.2, -0.15) is 5.10 Å². The maximum atomic E-state index is 13.7. The number of hydrogen-bond acceptors (Lipinski definition) is 7.